The first-order chi connectivity index (χ1) is 16.0. The molecule has 184 valence electrons. The molecule has 3 heterocycles. The van der Waals surface area contributed by atoms with Gasteiger partial charge in [0.05, 0.1) is 34.6 Å². The highest BCUT2D eigenvalue weighted by molar-refractivity contribution is 9.10. The van der Waals surface area contributed by atoms with Gasteiger partial charge < -0.3 is 24.8 Å². The molecule has 10 heteroatoms. The standard InChI is InChI=1S/C24H31BrClN5O3/c1-6-18-21(32)16(7-8-34-18)28-23-27-11-15(26)19(30-23)13-9-14(25)20-17(10-13)31(12(2)3)22(29-20)24(4,5)33/h9-12,16,18,21,32-33H,6-8H2,1-5H3,(H,27,28,30)/t16-,18+,21+/m0/s1. The van der Waals surface area contributed by atoms with Crippen molar-refractivity contribution in [3.63, 3.8) is 0 Å². The lowest BCUT2D eigenvalue weighted by atomic mass is 9.98. The molecule has 0 bridgehead atoms. The van der Waals surface area contributed by atoms with Crippen molar-refractivity contribution in [1.82, 2.24) is 19.5 Å². The van der Waals surface area contributed by atoms with Gasteiger partial charge in [-0.3, -0.25) is 0 Å². The van der Waals surface area contributed by atoms with Crippen molar-refractivity contribution in [1.29, 1.82) is 0 Å². The summed E-state index contributed by atoms with van der Waals surface area (Å²) in [5, 5.41) is 25.0. The Labute approximate surface area is 212 Å². The van der Waals surface area contributed by atoms with E-state index < -0.39 is 11.7 Å². The van der Waals surface area contributed by atoms with Crippen molar-refractivity contribution in [2.75, 3.05) is 11.9 Å². The second kappa shape index (κ2) is 9.70. The van der Waals surface area contributed by atoms with E-state index in [1.807, 2.05) is 23.6 Å². The van der Waals surface area contributed by atoms with Crippen molar-refractivity contribution in [2.45, 2.75) is 77.4 Å². The molecule has 34 heavy (non-hydrogen) atoms. The number of hydrogen-bond donors (Lipinski definition) is 3. The fourth-order valence-corrected chi connectivity index (χ4v) is 5.18. The Kier molecular flexibility index (Phi) is 7.22. The zero-order valence-corrected chi connectivity index (χ0v) is 22.4. The number of imidazole rings is 1. The second-order valence-electron chi connectivity index (χ2n) is 9.52. The monoisotopic (exact) mass is 551 g/mol. The Balaban J connectivity index is 1.76. The van der Waals surface area contributed by atoms with Crippen LogP contribution in [0.4, 0.5) is 5.95 Å². The predicted molar refractivity (Wildman–Crippen MR) is 137 cm³/mol. The van der Waals surface area contributed by atoms with Gasteiger partial charge in [-0.2, -0.15) is 0 Å². The lowest BCUT2D eigenvalue weighted by Crippen LogP contribution is -2.48. The van der Waals surface area contributed by atoms with Crippen molar-refractivity contribution >= 4 is 44.5 Å². The first-order valence-electron chi connectivity index (χ1n) is 11.5. The molecule has 0 unspecified atom stereocenters. The molecule has 8 nitrogen and oxygen atoms in total. The van der Waals surface area contributed by atoms with Gasteiger partial charge in [0.1, 0.15) is 23.0 Å². The zero-order valence-electron chi connectivity index (χ0n) is 20.0. The SMILES string of the molecule is CC[C@H]1OCC[C@H](Nc2ncc(Cl)c(-c3cc(Br)c4nc(C(C)(C)O)n(C(C)C)c4c3)n2)[C@H]1O. The van der Waals surface area contributed by atoms with E-state index in [4.69, 9.17) is 26.3 Å². The Bertz CT molecular complexity index is 1190. The van der Waals surface area contributed by atoms with E-state index in [0.29, 0.717) is 35.5 Å². The molecule has 0 saturated carbocycles. The maximum Gasteiger partial charge on any atom is 0.223 e. The third-order valence-electron chi connectivity index (χ3n) is 6.10. The number of ether oxygens (including phenoxy) is 1. The maximum absolute atomic E-state index is 10.7. The van der Waals surface area contributed by atoms with Crippen molar-refractivity contribution in [3.05, 3.63) is 33.6 Å². The van der Waals surface area contributed by atoms with Crippen molar-refractivity contribution in [2.24, 2.45) is 0 Å². The summed E-state index contributed by atoms with van der Waals surface area (Å²) in [7, 11) is 0. The lowest BCUT2D eigenvalue weighted by Gasteiger charge is -2.34. The smallest absolute Gasteiger partial charge is 0.223 e. The number of aliphatic hydroxyl groups excluding tert-OH is 1. The average molecular weight is 553 g/mol. The van der Waals surface area contributed by atoms with Crippen LogP contribution in [0.1, 0.15) is 59.3 Å². The summed E-state index contributed by atoms with van der Waals surface area (Å²) >= 11 is 10.2. The lowest BCUT2D eigenvalue weighted by molar-refractivity contribution is -0.0808. The number of aromatic nitrogens is 4. The molecule has 2 aromatic heterocycles. The van der Waals surface area contributed by atoms with Crippen LogP contribution < -0.4 is 5.32 Å². The minimum atomic E-state index is -1.10. The molecule has 0 amide bonds. The number of aliphatic hydroxyl groups is 2. The van der Waals surface area contributed by atoms with Crippen LogP contribution in [0.5, 0.6) is 0 Å². The van der Waals surface area contributed by atoms with E-state index in [1.54, 1.807) is 20.0 Å². The second-order valence-corrected chi connectivity index (χ2v) is 10.8. The van der Waals surface area contributed by atoms with Crippen LogP contribution in [-0.2, 0) is 10.3 Å². The quantitative estimate of drug-likeness (QED) is 0.393. The first-order valence-corrected chi connectivity index (χ1v) is 12.7. The fourth-order valence-electron chi connectivity index (χ4n) is 4.44. The van der Waals surface area contributed by atoms with Crippen LogP contribution in [-0.4, -0.2) is 54.6 Å². The third kappa shape index (κ3) is 4.81. The molecule has 3 atom stereocenters. The van der Waals surface area contributed by atoms with Crippen LogP contribution in [0, 0.1) is 0 Å². The normalized spacial score (nSPS) is 21.4. The Morgan fingerprint density at radius 3 is 2.71 bits per heavy atom. The fraction of sp³-hybridized carbons (Fsp3) is 0.542. The van der Waals surface area contributed by atoms with E-state index >= 15 is 0 Å². The molecule has 3 aromatic rings. The highest BCUT2D eigenvalue weighted by Crippen LogP contribution is 2.37. The highest BCUT2D eigenvalue weighted by Gasteiger charge is 2.32. The topological polar surface area (TPSA) is 105 Å². The number of nitrogens with zero attached hydrogens (tertiary/aromatic N) is 4. The van der Waals surface area contributed by atoms with Crippen molar-refractivity contribution in [3.8, 4) is 11.3 Å². The Hall–Kier alpha value is -1.78. The molecule has 1 aliphatic rings. The van der Waals surface area contributed by atoms with Gasteiger partial charge in [0, 0.05) is 22.7 Å². The van der Waals surface area contributed by atoms with Gasteiger partial charge in [0.25, 0.3) is 0 Å². The molecule has 1 aromatic carbocycles. The average Bonchev–Trinajstić information content (AvgIpc) is 3.17. The minimum Gasteiger partial charge on any atom is -0.388 e. The largest absolute Gasteiger partial charge is 0.388 e. The number of benzene rings is 1. The summed E-state index contributed by atoms with van der Waals surface area (Å²) in [6.45, 7) is 10.1. The number of hydrogen-bond acceptors (Lipinski definition) is 7. The Morgan fingerprint density at radius 2 is 2.06 bits per heavy atom. The van der Waals surface area contributed by atoms with Crippen molar-refractivity contribution < 1.29 is 14.9 Å². The maximum atomic E-state index is 10.7. The number of anilines is 1. The van der Waals surface area contributed by atoms with Gasteiger partial charge in [0.15, 0.2) is 0 Å². The van der Waals surface area contributed by atoms with E-state index in [0.717, 1.165) is 27.5 Å². The van der Waals surface area contributed by atoms with Crippen LogP contribution in [0.15, 0.2) is 22.8 Å². The summed E-state index contributed by atoms with van der Waals surface area (Å²) in [5.41, 5.74) is 1.88. The summed E-state index contributed by atoms with van der Waals surface area (Å²) in [6.07, 6.45) is 2.10. The molecular formula is C24H31BrClN5O3. The van der Waals surface area contributed by atoms with Gasteiger partial charge in [0.2, 0.25) is 5.95 Å². The molecule has 1 saturated heterocycles. The summed E-state index contributed by atoms with van der Waals surface area (Å²) < 4.78 is 8.45. The van der Waals surface area contributed by atoms with Crippen LogP contribution >= 0.6 is 27.5 Å². The highest BCUT2D eigenvalue weighted by atomic mass is 79.9. The van der Waals surface area contributed by atoms with Crippen LogP contribution in [0.25, 0.3) is 22.3 Å². The minimum absolute atomic E-state index is 0.0770. The molecule has 3 N–H and O–H groups in total. The number of rotatable bonds is 6. The summed E-state index contributed by atoms with van der Waals surface area (Å²) in [5.74, 6) is 0.983. The third-order valence-corrected chi connectivity index (χ3v) is 6.98. The van der Waals surface area contributed by atoms with E-state index in [-0.39, 0.29) is 18.2 Å². The molecule has 0 spiro atoms. The van der Waals surface area contributed by atoms with E-state index in [2.05, 4.69) is 40.1 Å². The molecule has 0 radical (unpaired) electrons. The predicted octanol–water partition coefficient (Wildman–Crippen LogP) is 5.06. The Morgan fingerprint density at radius 1 is 1.32 bits per heavy atom. The molecule has 0 aliphatic carbocycles. The molecular weight excluding hydrogens is 522 g/mol. The number of nitrogens with one attached hydrogen (secondary N) is 1. The number of halogens is 2. The van der Waals surface area contributed by atoms with E-state index in [1.165, 1.54) is 0 Å². The van der Waals surface area contributed by atoms with Crippen LogP contribution in [0.3, 0.4) is 0 Å². The molecule has 1 fully saturated rings. The van der Waals surface area contributed by atoms with Gasteiger partial charge in [-0.25, -0.2) is 15.0 Å². The molecule has 1 aliphatic heterocycles. The van der Waals surface area contributed by atoms with Crippen LogP contribution in [0.2, 0.25) is 5.02 Å². The summed E-state index contributed by atoms with van der Waals surface area (Å²) in [4.78, 5) is 13.8. The van der Waals surface area contributed by atoms with Gasteiger partial charge >= 0.3 is 0 Å². The summed E-state index contributed by atoms with van der Waals surface area (Å²) in [6, 6.07) is 3.77. The first kappa shape index (κ1) is 25.3. The van der Waals surface area contributed by atoms with Gasteiger partial charge in [-0.05, 0) is 68.6 Å². The molecule has 4 rings (SSSR count). The zero-order chi connectivity index (χ0) is 24.8. The van der Waals surface area contributed by atoms with Gasteiger partial charge in [-0.15, -0.1) is 0 Å². The number of fused-ring (bicyclic) bond motifs is 1. The van der Waals surface area contributed by atoms with E-state index in [9.17, 15) is 10.2 Å². The van der Waals surface area contributed by atoms with Gasteiger partial charge in [-0.1, -0.05) is 18.5 Å².